The number of hydrogen-bond acceptors (Lipinski definition) is 3. The largest absolute Gasteiger partial charge is 0.480 e. The van der Waals surface area contributed by atoms with Gasteiger partial charge in [-0.3, -0.25) is 0 Å². The molecule has 0 radical (unpaired) electrons. The van der Waals surface area contributed by atoms with Crippen LogP contribution in [0.15, 0.2) is 0 Å². The van der Waals surface area contributed by atoms with Gasteiger partial charge in [0.2, 0.25) is 0 Å². The molecular weight excluding hydrogens is 272 g/mol. The molecule has 6 heteroatoms. The van der Waals surface area contributed by atoms with Gasteiger partial charge in [0.25, 0.3) is 0 Å². The number of nitrogens with zero attached hydrogens (tertiary/aromatic N) is 1. The van der Waals surface area contributed by atoms with Crippen molar-refractivity contribution in [2.75, 3.05) is 20.2 Å². The lowest BCUT2D eigenvalue weighted by molar-refractivity contribution is -0.146. The number of aliphatic carboxylic acids is 1. The van der Waals surface area contributed by atoms with Crippen molar-refractivity contribution in [2.45, 2.75) is 57.1 Å². The van der Waals surface area contributed by atoms with E-state index in [2.05, 4.69) is 12.2 Å². The number of rotatable bonds is 4. The Morgan fingerprint density at radius 3 is 2.52 bits per heavy atom. The summed E-state index contributed by atoms with van der Waals surface area (Å²) in [4.78, 5) is 25.5. The maximum Gasteiger partial charge on any atom is 0.329 e. The van der Waals surface area contributed by atoms with Crippen molar-refractivity contribution >= 4 is 12.0 Å². The molecule has 2 aliphatic rings. The molecule has 1 atom stereocenters. The van der Waals surface area contributed by atoms with Crippen LogP contribution in [0, 0.1) is 5.92 Å². The Hall–Kier alpha value is -1.30. The van der Waals surface area contributed by atoms with Crippen molar-refractivity contribution in [3.05, 3.63) is 0 Å². The lowest BCUT2D eigenvalue weighted by atomic mass is 9.77. The molecule has 120 valence electrons. The van der Waals surface area contributed by atoms with Gasteiger partial charge in [-0.25, -0.2) is 9.59 Å². The Bertz CT molecular complexity index is 385. The highest BCUT2D eigenvalue weighted by Crippen LogP contribution is 2.32. The third kappa shape index (κ3) is 3.87. The lowest BCUT2D eigenvalue weighted by Crippen LogP contribution is -2.59. The van der Waals surface area contributed by atoms with Crippen molar-refractivity contribution in [3.63, 3.8) is 0 Å². The molecule has 2 N–H and O–H groups in total. The zero-order valence-electron chi connectivity index (χ0n) is 12.9. The van der Waals surface area contributed by atoms with Gasteiger partial charge in [0, 0.05) is 20.2 Å². The fourth-order valence-corrected chi connectivity index (χ4v) is 3.12. The maximum absolute atomic E-state index is 12.3. The summed E-state index contributed by atoms with van der Waals surface area (Å²) >= 11 is 0. The first-order chi connectivity index (χ1) is 9.93. The van der Waals surface area contributed by atoms with Gasteiger partial charge >= 0.3 is 12.0 Å². The van der Waals surface area contributed by atoms with Gasteiger partial charge in [0.15, 0.2) is 0 Å². The zero-order chi connectivity index (χ0) is 15.5. The Balaban J connectivity index is 1.93. The van der Waals surface area contributed by atoms with Crippen LogP contribution in [0.4, 0.5) is 4.79 Å². The number of hydrogen-bond donors (Lipinski definition) is 2. The van der Waals surface area contributed by atoms with Gasteiger partial charge in [-0.1, -0.05) is 6.92 Å². The number of carbonyl (C=O) groups is 2. The molecular formula is C15H26N2O4. The first kappa shape index (κ1) is 16.1. The van der Waals surface area contributed by atoms with Gasteiger partial charge < -0.3 is 20.1 Å². The van der Waals surface area contributed by atoms with Crippen LogP contribution in [0.5, 0.6) is 0 Å². The standard InChI is InChI=1S/C15H26N2O4/c1-11-5-7-15(8-6-11,13(18)19)16-14(20)17(2)10-12-4-3-9-21-12/h11-12H,3-10H2,1-2H3,(H,16,20)(H,18,19). The van der Waals surface area contributed by atoms with E-state index in [-0.39, 0.29) is 12.1 Å². The molecule has 2 fully saturated rings. The number of amides is 2. The Kier molecular flexibility index (Phi) is 5.08. The van der Waals surface area contributed by atoms with Crippen LogP contribution in [0.25, 0.3) is 0 Å². The van der Waals surface area contributed by atoms with E-state index in [4.69, 9.17) is 4.74 Å². The summed E-state index contributed by atoms with van der Waals surface area (Å²) < 4.78 is 5.51. The van der Waals surface area contributed by atoms with E-state index >= 15 is 0 Å². The first-order valence-electron chi connectivity index (χ1n) is 7.81. The predicted molar refractivity (Wildman–Crippen MR) is 78.1 cm³/mol. The fourth-order valence-electron chi connectivity index (χ4n) is 3.12. The molecule has 1 heterocycles. The number of ether oxygens (including phenoxy) is 1. The van der Waals surface area contributed by atoms with E-state index in [1.165, 1.54) is 0 Å². The monoisotopic (exact) mass is 298 g/mol. The maximum atomic E-state index is 12.3. The van der Waals surface area contributed by atoms with Crippen molar-refractivity contribution in [1.82, 2.24) is 10.2 Å². The lowest BCUT2D eigenvalue weighted by Gasteiger charge is -2.37. The third-order valence-corrected chi connectivity index (χ3v) is 4.73. The third-order valence-electron chi connectivity index (χ3n) is 4.73. The second kappa shape index (κ2) is 6.64. The van der Waals surface area contributed by atoms with Crippen molar-refractivity contribution in [1.29, 1.82) is 0 Å². The van der Waals surface area contributed by atoms with Gasteiger partial charge in [-0.05, 0) is 44.4 Å². The van der Waals surface area contributed by atoms with Gasteiger partial charge in [0.1, 0.15) is 5.54 Å². The summed E-state index contributed by atoms with van der Waals surface area (Å²) in [6, 6.07) is -0.317. The Morgan fingerprint density at radius 1 is 1.33 bits per heavy atom. The highest BCUT2D eigenvalue weighted by molar-refractivity contribution is 5.86. The summed E-state index contributed by atoms with van der Waals surface area (Å²) in [5.41, 5.74) is -1.10. The zero-order valence-corrected chi connectivity index (χ0v) is 12.9. The van der Waals surface area contributed by atoms with Crippen LogP contribution in [0.3, 0.4) is 0 Å². The van der Waals surface area contributed by atoms with Gasteiger partial charge in [-0.15, -0.1) is 0 Å². The quantitative estimate of drug-likeness (QED) is 0.830. The summed E-state index contributed by atoms with van der Waals surface area (Å²) in [5, 5.41) is 12.3. The number of nitrogens with one attached hydrogen (secondary N) is 1. The van der Waals surface area contributed by atoms with Crippen LogP contribution in [0.2, 0.25) is 0 Å². The normalized spacial score (nSPS) is 32.7. The first-order valence-corrected chi connectivity index (χ1v) is 7.81. The van der Waals surface area contributed by atoms with E-state index in [9.17, 15) is 14.7 Å². The van der Waals surface area contributed by atoms with E-state index in [1.54, 1.807) is 11.9 Å². The topological polar surface area (TPSA) is 78.9 Å². The van der Waals surface area contributed by atoms with Crippen LogP contribution >= 0.6 is 0 Å². The molecule has 0 bridgehead atoms. The van der Waals surface area contributed by atoms with Crippen LogP contribution in [-0.4, -0.2) is 53.8 Å². The number of urea groups is 1. The minimum Gasteiger partial charge on any atom is -0.480 e. The molecule has 1 aliphatic carbocycles. The van der Waals surface area contributed by atoms with E-state index in [0.29, 0.717) is 25.3 Å². The number of carboxylic acid groups (broad SMARTS) is 1. The van der Waals surface area contributed by atoms with Crippen molar-refractivity contribution in [3.8, 4) is 0 Å². The number of carbonyl (C=O) groups excluding carboxylic acids is 1. The molecule has 2 amide bonds. The molecule has 1 unspecified atom stereocenters. The van der Waals surface area contributed by atoms with E-state index < -0.39 is 11.5 Å². The SMILES string of the molecule is CC1CCC(NC(=O)N(C)CC2CCCO2)(C(=O)O)CC1. The second-order valence-electron chi connectivity index (χ2n) is 6.52. The summed E-state index contributed by atoms with van der Waals surface area (Å²) in [5.74, 6) is -0.396. The van der Waals surface area contributed by atoms with E-state index in [1.807, 2.05) is 0 Å². The highest BCUT2D eigenvalue weighted by Gasteiger charge is 2.43. The minimum atomic E-state index is -1.10. The Labute approximate surface area is 125 Å². The minimum absolute atomic E-state index is 0.0768. The number of carboxylic acids is 1. The summed E-state index contributed by atoms with van der Waals surface area (Å²) in [7, 11) is 1.69. The van der Waals surface area contributed by atoms with E-state index in [0.717, 1.165) is 32.3 Å². The van der Waals surface area contributed by atoms with Gasteiger partial charge in [0.05, 0.1) is 6.10 Å². The van der Waals surface area contributed by atoms with Crippen LogP contribution in [0.1, 0.15) is 45.4 Å². The van der Waals surface area contributed by atoms with Crippen molar-refractivity contribution < 1.29 is 19.4 Å². The molecule has 1 saturated heterocycles. The summed E-state index contributed by atoms with van der Waals surface area (Å²) in [6.07, 6.45) is 4.74. The molecule has 1 saturated carbocycles. The van der Waals surface area contributed by atoms with Crippen LogP contribution in [-0.2, 0) is 9.53 Å². The molecule has 1 aliphatic heterocycles. The highest BCUT2D eigenvalue weighted by atomic mass is 16.5. The average Bonchev–Trinajstić information content (AvgIpc) is 2.94. The number of likely N-dealkylation sites (N-methyl/N-ethyl adjacent to an activating group) is 1. The fraction of sp³-hybridized carbons (Fsp3) is 0.867. The second-order valence-corrected chi connectivity index (χ2v) is 6.52. The smallest absolute Gasteiger partial charge is 0.329 e. The predicted octanol–water partition coefficient (Wildman–Crippen LogP) is 1.84. The molecule has 21 heavy (non-hydrogen) atoms. The molecule has 0 aromatic rings. The molecule has 0 aromatic heterocycles. The van der Waals surface area contributed by atoms with Crippen molar-refractivity contribution in [2.24, 2.45) is 5.92 Å². The molecule has 2 rings (SSSR count). The molecule has 0 aromatic carbocycles. The molecule has 0 spiro atoms. The summed E-state index contributed by atoms with van der Waals surface area (Å²) in [6.45, 7) is 3.38. The van der Waals surface area contributed by atoms with Crippen LogP contribution < -0.4 is 5.32 Å². The van der Waals surface area contributed by atoms with Gasteiger partial charge in [-0.2, -0.15) is 0 Å². The molecule has 6 nitrogen and oxygen atoms in total. The Morgan fingerprint density at radius 2 is 2.00 bits per heavy atom. The average molecular weight is 298 g/mol.